The molecular formula is C28H42FN5O3. The molecule has 1 aromatic carbocycles. The van der Waals surface area contributed by atoms with Crippen LogP contribution in [0.1, 0.15) is 76.7 Å². The number of fused-ring (bicyclic) bond motifs is 1. The highest BCUT2D eigenvalue weighted by atomic mass is 19.1. The number of benzene rings is 1. The number of piperazine rings is 1. The summed E-state index contributed by atoms with van der Waals surface area (Å²) in [6.45, 7) is 4.98. The first-order chi connectivity index (χ1) is 17.7. The molecule has 3 amide bonds. The fourth-order valence-electron chi connectivity index (χ4n) is 5.91. The maximum absolute atomic E-state index is 15.2. The molecule has 0 bridgehead atoms. The molecule has 2 aliphatic carbocycles. The van der Waals surface area contributed by atoms with Crippen molar-refractivity contribution in [3.63, 3.8) is 0 Å². The van der Waals surface area contributed by atoms with Gasteiger partial charge in [-0.3, -0.25) is 19.3 Å². The highest BCUT2D eigenvalue weighted by molar-refractivity contribution is 5.95. The second-order valence-corrected chi connectivity index (χ2v) is 11.1. The van der Waals surface area contributed by atoms with Crippen molar-refractivity contribution < 1.29 is 18.8 Å². The minimum atomic E-state index is -0.791. The third kappa shape index (κ3) is 6.32. The Morgan fingerprint density at radius 3 is 2.46 bits per heavy atom. The first-order valence-electron chi connectivity index (χ1n) is 13.9. The summed E-state index contributed by atoms with van der Waals surface area (Å²) >= 11 is 0. The second kappa shape index (κ2) is 11.9. The third-order valence-corrected chi connectivity index (χ3v) is 8.56. The fraction of sp³-hybridized carbons (Fsp3) is 0.679. The van der Waals surface area contributed by atoms with E-state index >= 15 is 4.39 Å². The van der Waals surface area contributed by atoms with Crippen LogP contribution in [0.15, 0.2) is 18.2 Å². The van der Waals surface area contributed by atoms with Crippen molar-refractivity contribution in [1.82, 2.24) is 15.1 Å². The maximum atomic E-state index is 15.2. The van der Waals surface area contributed by atoms with Crippen LogP contribution in [-0.2, 0) is 14.4 Å². The molecule has 1 aromatic rings. The average Bonchev–Trinajstić information content (AvgIpc) is 3.72. The Balaban J connectivity index is 1.46. The molecule has 0 spiro atoms. The Morgan fingerprint density at radius 1 is 1.11 bits per heavy atom. The molecule has 2 unspecified atom stereocenters. The predicted octanol–water partition coefficient (Wildman–Crippen LogP) is 2.98. The van der Waals surface area contributed by atoms with Gasteiger partial charge in [-0.15, -0.1) is 0 Å². The van der Waals surface area contributed by atoms with E-state index in [4.69, 9.17) is 5.73 Å². The van der Waals surface area contributed by atoms with Crippen molar-refractivity contribution in [1.29, 1.82) is 0 Å². The van der Waals surface area contributed by atoms with Crippen LogP contribution in [-0.4, -0.2) is 71.8 Å². The molecule has 8 nitrogen and oxygen atoms in total. The zero-order valence-electron chi connectivity index (χ0n) is 22.3. The van der Waals surface area contributed by atoms with Gasteiger partial charge in [-0.1, -0.05) is 45.6 Å². The lowest BCUT2D eigenvalue weighted by atomic mass is 9.91. The van der Waals surface area contributed by atoms with Crippen molar-refractivity contribution in [3.8, 4) is 0 Å². The minimum absolute atomic E-state index is 0.0744. The van der Waals surface area contributed by atoms with Crippen LogP contribution >= 0.6 is 0 Å². The summed E-state index contributed by atoms with van der Waals surface area (Å²) < 4.78 is 15.2. The number of carbonyl (C=O) groups is 3. The van der Waals surface area contributed by atoms with Crippen LogP contribution in [0.25, 0.3) is 0 Å². The monoisotopic (exact) mass is 515 g/mol. The molecule has 0 radical (unpaired) electrons. The van der Waals surface area contributed by atoms with Gasteiger partial charge >= 0.3 is 0 Å². The lowest BCUT2D eigenvalue weighted by molar-refractivity contribution is -0.138. The Labute approximate surface area is 219 Å². The van der Waals surface area contributed by atoms with Gasteiger partial charge in [0.25, 0.3) is 0 Å². The molecule has 4 rings (SSSR count). The van der Waals surface area contributed by atoms with E-state index in [1.807, 2.05) is 11.8 Å². The Kier molecular flexibility index (Phi) is 8.85. The zero-order valence-corrected chi connectivity index (χ0v) is 22.3. The van der Waals surface area contributed by atoms with Crippen molar-refractivity contribution >= 4 is 23.4 Å². The summed E-state index contributed by atoms with van der Waals surface area (Å²) in [5, 5.41) is 5.55. The van der Waals surface area contributed by atoms with Gasteiger partial charge in [0.05, 0.1) is 11.7 Å². The fourth-order valence-corrected chi connectivity index (χ4v) is 5.91. The van der Waals surface area contributed by atoms with E-state index in [9.17, 15) is 14.4 Å². The lowest BCUT2D eigenvalue weighted by Crippen LogP contribution is -2.55. The molecule has 1 aliphatic heterocycles. The molecule has 1 saturated heterocycles. The number of nitrogens with zero attached hydrogens (tertiary/aromatic N) is 2. The molecule has 2 saturated carbocycles. The average molecular weight is 516 g/mol. The molecule has 204 valence electrons. The van der Waals surface area contributed by atoms with Crippen LogP contribution in [0.2, 0.25) is 0 Å². The Morgan fingerprint density at radius 2 is 1.81 bits per heavy atom. The number of hydrogen-bond donors (Lipinski definition) is 3. The summed E-state index contributed by atoms with van der Waals surface area (Å²) in [5.74, 6) is -1.64. The van der Waals surface area contributed by atoms with E-state index in [0.29, 0.717) is 18.2 Å². The highest BCUT2D eigenvalue weighted by Gasteiger charge is 2.50. The van der Waals surface area contributed by atoms with Crippen LogP contribution < -0.4 is 16.4 Å². The number of amides is 3. The van der Waals surface area contributed by atoms with Gasteiger partial charge in [-0.25, -0.2) is 4.39 Å². The molecule has 37 heavy (non-hydrogen) atoms. The van der Waals surface area contributed by atoms with E-state index in [2.05, 4.69) is 22.6 Å². The summed E-state index contributed by atoms with van der Waals surface area (Å²) in [5.41, 5.74) is 6.90. The molecule has 4 N–H and O–H groups in total. The number of halogens is 1. The van der Waals surface area contributed by atoms with Crippen LogP contribution in [0.3, 0.4) is 0 Å². The standard InChI is InChI=1S/C28H42FN5O3/c1-4-24(35)32-26(28(37)34-14-13-33(3)22-16-23(22)34)17(2)19-11-12-21(20(29)15-19)31-27(36)25(30)18-9-7-5-6-8-10-18/h11-12,15,17-18,22-23,25-26H,4-10,13-14,16,30H2,1-3H3,(H,31,36)(H,32,35)/t17-,22?,23?,25-,26+/m0/s1. The number of nitrogens with two attached hydrogens (primary N) is 1. The van der Waals surface area contributed by atoms with Gasteiger partial charge in [0.1, 0.15) is 11.9 Å². The van der Waals surface area contributed by atoms with Gasteiger partial charge in [-0.2, -0.15) is 0 Å². The number of hydrogen-bond acceptors (Lipinski definition) is 5. The number of rotatable bonds is 8. The largest absolute Gasteiger partial charge is 0.344 e. The third-order valence-electron chi connectivity index (χ3n) is 8.56. The molecule has 9 heteroatoms. The minimum Gasteiger partial charge on any atom is -0.344 e. The summed E-state index contributed by atoms with van der Waals surface area (Å²) in [4.78, 5) is 42.8. The van der Waals surface area contributed by atoms with Gasteiger partial charge in [0.2, 0.25) is 17.7 Å². The number of nitrogens with one attached hydrogen (secondary N) is 2. The summed E-state index contributed by atoms with van der Waals surface area (Å²) in [6.07, 6.45) is 7.49. The van der Waals surface area contributed by atoms with Gasteiger partial charge in [0.15, 0.2) is 0 Å². The highest BCUT2D eigenvalue weighted by Crippen LogP contribution is 2.37. The normalized spacial score (nSPS) is 24.8. The van der Waals surface area contributed by atoms with Gasteiger partial charge < -0.3 is 21.3 Å². The smallest absolute Gasteiger partial charge is 0.246 e. The van der Waals surface area contributed by atoms with Gasteiger partial charge in [-0.05, 0) is 49.9 Å². The van der Waals surface area contributed by atoms with E-state index < -0.39 is 23.8 Å². The van der Waals surface area contributed by atoms with E-state index in [0.717, 1.165) is 51.5 Å². The van der Waals surface area contributed by atoms with Crippen LogP contribution in [0.4, 0.5) is 10.1 Å². The summed E-state index contributed by atoms with van der Waals surface area (Å²) in [7, 11) is 2.07. The first-order valence-corrected chi connectivity index (χ1v) is 13.9. The van der Waals surface area contributed by atoms with Crippen LogP contribution in [0.5, 0.6) is 0 Å². The molecule has 5 atom stereocenters. The van der Waals surface area contributed by atoms with E-state index in [1.165, 1.54) is 12.1 Å². The Hall–Kier alpha value is -2.52. The maximum Gasteiger partial charge on any atom is 0.246 e. The molecule has 0 aromatic heterocycles. The number of carbonyl (C=O) groups excluding carboxylic acids is 3. The molecular weight excluding hydrogens is 473 g/mol. The lowest BCUT2D eigenvalue weighted by Gasteiger charge is -2.36. The molecule has 1 heterocycles. The predicted molar refractivity (Wildman–Crippen MR) is 141 cm³/mol. The first kappa shape index (κ1) is 27.5. The summed E-state index contributed by atoms with van der Waals surface area (Å²) in [6, 6.07) is 3.67. The second-order valence-electron chi connectivity index (χ2n) is 11.1. The van der Waals surface area contributed by atoms with E-state index in [1.54, 1.807) is 13.0 Å². The van der Waals surface area contributed by atoms with Gasteiger partial charge in [0, 0.05) is 37.5 Å². The van der Waals surface area contributed by atoms with Crippen molar-refractivity contribution in [2.45, 2.75) is 95.3 Å². The quantitative estimate of drug-likeness (QED) is 0.462. The van der Waals surface area contributed by atoms with Crippen molar-refractivity contribution in [3.05, 3.63) is 29.6 Å². The topological polar surface area (TPSA) is 108 Å². The zero-order chi connectivity index (χ0) is 26.7. The molecule has 3 aliphatic rings. The number of likely N-dealkylation sites (N-methyl/N-ethyl adjacent to an activating group) is 1. The van der Waals surface area contributed by atoms with Crippen LogP contribution in [0, 0.1) is 11.7 Å². The SMILES string of the molecule is CCC(=O)N[C@@H](C(=O)N1CCN(C)C2CC21)[C@@H](C)c1ccc(NC(=O)[C@@H](N)C2CCCCCC2)c(F)c1. The molecule has 3 fully saturated rings. The Bertz CT molecular complexity index is 996. The number of anilines is 1. The van der Waals surface area contributed by atoms with Crippen molar-refractivity contribution in [2.24, 2.45) is 11.7 Å². The van der Waals surface area contributed by atoms with Crippen molar-refractivity contribution in [2.75, 3.05) is 25.5 Å². The van der Waals surface area contributed by atoms with E-state index in [-0.39, 0.29) is 41.8 Å².